The van der Waals surface area contributed by atoms with Crippen LogP contribution in [0.15, 0.2) is 58.0 Å². The number of aromatic nitrogens is 1. The Morgan fingerprint density at radius 2 is 1.62 bits per heavy atom. The normalized spacial score (nSPS) is 15.1. The van der Waals surface area contributed by atoms with Crippen LogP contribution in [0.4, 0.5) is 5.69 Å². The number of anilines is 1. The van der Waals surface area contributed by atoms with Gasteiger partial charge < -0.3 is 10.4 Å². The van der Waals surface area contributed by atoms with E-state index in [1.54, 1.807) is 23.1 Å². The molecule has 0 radical (unpaired) electrons. The number of hydrogen-bond donors (Lipinski definition) is 2. The van der Waals surface area contributed by atoms with Gasteiger partial charge in [-0.3, -0.25) is 9.11 Å². The van der Waals surface area contributed by atoms with E-state index in [9.17, 15) is 25.9 Å². The van der Waals surface area contributed by atoms with Gasteiger partial charge in [0.1, 0.15) is 4.70 Å². The van der Waals surface area contributed by atoms with Crippen molar-refractivity contribution in [1.82, 2.24) is 0 Å². The maximum absolute atomic E-state index is 11.3. The summed E-state index contributed by atoms with van der Waals surface area (Å²) in [5, 5.41) is 1.96. The Morgan fingerprint density at radius 3 is 2.30 bits per heavy atom. The molecule has 13 heteroatoms. The first-order chi connectivity index (χ1) is 18.3. The summed E-state index contributed by atoms with van der Waals surface area (Å²) >= 11 is 3.26. The minimum atomic E-state index is -4.04. The van der Waals surface area contributed by atoms with Crippen molar-refractivity contribution >= 4 is 65.3 Å². The second kappa shape index (κ2) is 13.1. The number of thiazole rings is 1. The molecule has 2 heterocycles. The highest BCUT2D eigenvalue weighted by Gasteiger charge is 2.26. The molecule has 0 bridgehead atoms. The SMILES string of the molecule is CCC(=Cc1sc2ccc(C)cc2[n+]1CCCS(=O)(=O)O)C=C1Sc2ccc(C)cc2N1CCCS(=O)(=O)O.[OH-]. The molecule has 9 nitrogen and oxygen atoms in total. The highest BCUT2D eigenvalue weighted by atomic mass is 32.2. The summed E-state index contributed by atoms with van der Waals surface area (Å²) in [6.07, 6.45) is 5.56. The van der Waals surface area contributed by atoms with Gasteiger partial charge in [-0.2, -0.15) is 21.4 Å². The number of allylic oxidation sites excluding steroid dienone is 2. The highest BCUT2D eigenvalue weighted by Crippen LogP contribution is 2.47. The Labute approximate surface area is 244 Å². The summed E-state index contributed by atoms with van der Waals surface area (Å²) in [5.74, 6) is -0.604. The zero-order chi connectivity index (χ0) is 28.4. The number of benzene rings is 2. The average Bonchev–Trinajstić information content (AvgIpc) is 3.34. The van der Waals surface area contributed by atoms with Gasteiger partial charge in [0.25, 0.3) is 25.2 Å². The van der Waals surface area contributed by atoms with E-state index in [0.717, 1.165) is 54.0 Å². The molecule has 0 saturated heterocycles. The van der Waals surface area contributed by atoms with Gasteiger partial charge in [0.05, 0.1) is 22.2 Å². The minimum absolute atomic E-state index is 0. The van der Waals surface area contributed by atoms with Crippen molar-refractivity contribution in [2.45, 2.75) is 51.5 Å². The molecular weight excluding hydrogens is 593 g/mol. The first-order valence-corrected chi connectivity index (χ1v) is 17.5. The van der Waals surface area contributed by atoms with E-state index < -0.39 is 20.2 Å². The van der Waals surface area contributed by atoms with E-state index >= 15 is 0 Å². The van der Waals surface area contributed by atoms with Crippen molar-refractivity contribution in [1.29, 1.82) is 0 Å². The standard InChI is InChI=1S/C27H32N2O6S4.H2O/c1-4-21(17-26-28(11-5-13-38(30,31)32)22-15-19(2)7-9-24(22)36-26)18-27-29(12-6-14-39(33,34)35)23-16-20(3)8-10-25(23)37-27;/h7-10,15-18H,4-6,11-14H2,1-3H3,(H-,30,31,32,33,34,35);1H2. The third kappa shape index (κ3) is 8.38. The molecule has 218 valence electrons. The number of hydrogen-bond acceptors (Lipinski definition) is 8. The third-order valence-corrected chi connectivity index (χ3v) is 10.2. The zero-order valence-corrected chi connectivity index (χ0v) is 25.8. The Hall–Kier alpha value is -2.26. The van der Waals surface area contributed by atoms with Gasteiger partial charge in [0.15, 0.2) is 6.54 Å². The molecule has 0 atom stereocenters. The van der Waals surface area contributed by atoms with Crippen molar-refractivity contribution in [3.63, 3.8) is 0 Å². The summed E-state index contributed by atoms with van der Waals surface area (Å²) in [5.41, 5.74) is 5.32. The number of aryl methyl sites for hydroxylation is 3. The fourth-order valence-corrected chi connectivity index (χ4v) is 7.75. The van der Waals surface area contributed by atoms with Gasteiger partial charge >= 0.3 is 0 Å². The first kappa shape index (κ1) is 32.3. The molecule has 4 rings (SSSR count). The molecule has 0 spiro atoms. The average molecular weight is 627 g/mol. The number of nitrogens with zero attached hydrogens (tertiary/aromatic N) is 2. The molecule has 3 aromatic rings. The van der Waals surface area contributed by atoms with Crippen molar-refractivity contribution < 1.29 is 36.0 Å². The van der Waals surface area contributed by atoms with Gasteiger partial charge in [-0.15, -0.1) is 0 Å². The second-order valence-electron chi connectivity index (χ2n) is 9.62. The van der Waals surface area contributed by atoms with Crippen LogP contribution in [0.1, 0.15) is 42.3 Å². The molecule has 0 fully saturated rings. The maximum Gasteiger partial charge on any atom is 0.265 e. The van der Waals surface area contributed by atoms with Crippen LogP contribution in [-0.2, 0) is 26.8 Å². The van der Waals surface area contributed by atoms with E-state index in [4.69, 9.17) is 0 Å². The van der Waals surface area contributed by atoms with E-state index in [2.05, 4.69) is 64.9 Å². The Kier molecular flexibility index (Phi) is 10.6. The van der Waals surface area contributed by atoms with Crippen molar-refractivity contribution in [3.8, 4) is 0 Å². The molecule has 1 aromatic heterocycles. The van der Waals surface area contributed by atoms with Crippen LogP contribution in [0.3, 0.4) is 0 Å². The van der Waals surface area contributed by atoms with Crippen molar-refractivity contribution in [2.75, 3.05) is 23.0 Å². The lowest BCUT2D eigenvalue weighted by Crippen LogP contribution is -2.36. The van der Waals surface area contributed by atoms with Gasteiger partial charge in [-0.05, 0) is 67.7 Å². The van der Waals surface area contributed by atoms with E-state index in [0.29, 0.717) is 25.9 Å². The molecule has 2 aromatic carbocycles. The molecule has 40 heavy (non-hydrogen) atoms. The summed E-state index contributed by atoms with van der Waals surface area (Å²) in [6.45, 7) is 7.01. The Balaban J connectivity index is 0.00000441. The molecule has 3 N–H and O–H groups in total. The summed E-state index contributed by atoms with van der Waals surface area (Å²) in [6, 6.07) is 12.4. The number of thioether (sulfide) groups is 1. The molecule has 1 aliphatic rings. The monoisotopic (exact) mass is 626 g/mol. The fourth-order valence-electron chi connectivity index (χ4n) is 4.47. The fraction of sp³-hybridized carbons (Fsp3) is 0.370. The molecular formula is C27H34N2O7S4. The summed E-state index contributed by atoms with van der Waals surface area (Å²) < 4.78 is 67.0. The smallest absolute Gasteiger partial charge is 0.265 e. The second-order valence-corrected chi connectivity index (χ2v) is 14.9. The highest BCUT2D eigenvalue weighted by molar-refractivity contribution is 8.03. The number of fused-ring (bicyclic) bond motifs is 2. The van der Waals surface area contributed by atoms with E-state index in [1.165, 1.54) is 0 Å². The van der Waals surface area contributed by atoms with Crippen LogP contribution < -0.4 is 9.47 Å². The van der Waals surface area contributed by atoms with Crippen molar-refractivity contribution in [2.24, 2.45) is 0 Å². The lowest BCUT2D eigenvalue weighted by atomic mass is 10.1. The van der Waals surface area contributed by atoms with Gasteiger partial charge in [-0.25, -0.2) is 0 Å². The molecule has 0 saturated carbocycles. The summed E-state index contributed by atoms with van der Waals surface area (Å²) in [7, 11) is -8.09. The molecule has 0 amide bonds. The van der Waals surface area contributed by atoms with Crippen molar-refractivity contribution in [3.05, 3.63) is 69.2 Å². The lowest BCUT2D eigenvalue weighted by molar-refractivity contribution is -0.668. The molecule has 0 unspecified atom stereocenters. The lowest BCUT2D eigenvalue weighted by Gasteiger charge is -2.21. The van der Waals surface area contributed by atoms with Crippen LogP contribution in [0.5, 0.6) is 0 Å². The largest absolute Gasteiger partial charge is 0.870 e. The molecule has 1 aliphatic heterocycles. The quantitative estimate of drug-likeness (QED) is 0.210. The minimum Gasteiger partial charge on any atom is -0.870 e. The third-order valence-electron chi connectivity index (χ3n) is 6.37. The predicted molar refractivity (Wildman–Crippen MR) is 161 cm³/mol. The summed E-state index contributed by atoms with van der Waals surface area (Å²) in [4.78, 5) is 3.20. The van der Waals surface area contributed by atoms with Crippen LogP contribution >= 0.6 is 23.1 Å². The zero-order valence-electron chi connectivity index (χ0n) is 22.6. The predicted octanol–water partition coefficient (Wildman–Crippen LogP) is 5.43. The van der Waals surface area contributed by atoms with E-state index in [-0.39, 0.29) is 17.0 Å². The van der Waals surface area contributed by atoms with Gasteiger partial charge in [0, 0.05) is 30.0 Å². The first-order valence-electron chi connectivity index (χ1n) is 12.6. The van der Waals surface area contributed by atoms with E-state index in [1.807, 2.05) is 13.8 Å². The van der Waals surface area contributed by atoms with Crippen LogP contribution in [0, 0.1) is 13.8 Å². The van der Waals surface area contributed by atoms with Gasteiger partial charge in [-0.1, -0.05) is 42.2 Å². The van der Waals surface area contributed by atoms with Crippen LogP contribution in [0.25, 0.3) is 16.3 Å². The Morgan fingerprint density at radius 1 is 0.975 bits per heavy atom. The molecule has 0 aliphatic carbocycles. The topological polar surface area (TPSA) is 146 Å². The number of rotatable bonds is 11. The maximum atomic E-state index is 11.3. The van der Waals surface area contributed by atoms with Gasteiger partial charge in [0.2, 0.25) is 5.52 Å². The van der Waals surface area contributed by atoms with Crippen LogP contribution in [0.2, 0.25) is 0 Å². The Bertz CT molecular complexity index is 1660. The van der Waals surface area contributed by atoms with Crippen LogP contribution in [-0.4, -0.2) is 49.5 Å².